The van der Waals surface area contributed by atoms with Crippen LogP contribution in [0.5, 0.6) is 0 Å². The van der Waals surface area contributed by atoms with E-state index in [9.17, 15) is 5.26 Å². The van der Waals surface area contributed by atoms with Gasteiger partial charge in [0.05, 0.1) is 24.5 Å². The van der Waals surface area contributed by atoms with E-state index in [1.165, 1.54) is 6.07 Å². The Balaban J connectivity index is 1.11. The summed E-state index contributed by atoms with van der Waals surface area (Å²) in [4.78, 5) is 11.3. The van der Waals surface area contributed by atoms with Crippen LogP contribution in [0.4, 0.5) is 21.8 Å². The minimum Gasteiger partial charge on any atom is -0.423 e. The van der Waals surface area contributed by atoms with Crippen LogP contribution in [0, 0.1) is 17.1 Å². The van der Waals surface area contributed by atoms with Crippen molar-refractivity contribution in [2.75, 3.05) is 69.7 Å². The molecule has 0 bridgehead atoms. The number of anilines is 3. The predicted octanol–water partition coefficient (Wildman–Crippen LogP) is 4.73. The third-order valence-electron chi connectivity index (χ3n) is 8.12. The van der Waals surface area contributed by atoms with E-state index in [0.29, 0.717) is 52.7 Å². The Hall–Kier alpha value is -4.01. The number of nitrogens with zero attached hydrogens (tertiary/aromatic N) is 5. The average molecular weight is 555 g/mol. The van der Waals surface area contributed by atoms with Gasteiger partial charge in [0, 0.05) is 56.1 Å². The lowest BCUT2D eigenvalue weighted by Crippen LogP contribution is -2.44. The van der Waals surface area contributed by atoms with Gasteiger partial charge in [-0.05, 0) is 42.9 Å². The molecule has 0 amide bonds. The number of aromatic nitrogens is 1. The molecule has 0 radical (unpaired) electrons. The van der Waals surface area contributed by atoms with Crippen LogP contribution in [0.3, 0.4) is 0 Å². The highest BCUT2D eigenvalue weighted by molar-refractivity contribution is 5.91. The van der Waals surface area contributed by atoms with E-state index in [1.807, 2.05) is 42.5 Å². The lowest BCUT2D eigenvalue weighted by Gasteiger charge is -2.34. The van der Waals surface area contributed by atoms with Crippen LogP contribution >= 0.6 is 0 Å². The molecule has 1 N–H and O–H groups in total. The molecule has 9 nitrogen and oxygen atoms in total. The normalized spacial score (nSPS) is 21.6. The summed E-state index contributed by atoms with van der Waals surface area (Å²) < 4.78 is 32.7. The van der Waals surface area contributed by atoms with Gasteiger partial charge in [-0.2, -0.15) is 10.2 Å². The van der Waals surface area contributed by atoms with Crippen LogP contribution < -0.4 is 10.2 Å². The fourth-order valence-electron chi connectivity index (χ4n) is 5.75. The number of hydrogen-bond donors (Lipinski definition) is 1. The molecule has 3 fully saturated rings. The molecule has 41 heavy (non-hydrogen) atoms. The number of morpholine rings is 1. The van der Waals surface area contributed by atoms with Crippen molar-refractivity contribution in [1.29, 1.82) is 5.26 Å². The highest BCUT2D eigenvalue weighted by atomic mass is 19.1. The molecule has 3 saturated heterocycles. The van der Waals surface area contributed by atoms with Crippen LogP contribution in [0.25, 0.3) is 22.2 Å². The van der Waals surface area contributed by atoms with Crippen molar-refractivity contribution in [2.24, 2.45) is 0 Å². The summed E-state index contributed by atoms with van der Waals surface area (Å²) in [5.41, 5.74) is 5.47. The van der Waals surface area contributed by atoms with Gasteiger partial charge >= 0.3 is 0 Å². The Morgan fingerprint density at radius 3 is 2.61 bits per heavy atom. The highest BCUT2D eigenvalue weighted by Gasteiger charge is 2.46. The molecule has 10 heteroatoms. The fourth-order valence-corrected chi connectivity index (χ4v) is 5.75. The Morgan fingerprint density at radius 1 is 1.00 bits per heavy atom. The summed E-state index contributed by atoms with van der Waals surface area (Å²) in [5, 5.41) is 13.0. The molecule has 210 valence electrons. The molecule has 4 aromatic rings. The first-order chi connectivity index (χ1) is 20.1. The van der Waals surface area contributed by atoms with Crippen LogP contribution in [0.15, 0.2) is 59.0 Å². The largest absolute Gasteiger partial charge is 0.423 e. The standard InChI is InChI=1S/C31H31FN6O3/c1-36-9-11-37(12-10-36)27-8-6-22(17-21(27)19-33)34-31-35-26-4-2-3-23(28(26)41-31)20-5-7-24(25(32)18-20)29-30(40-29)38-13-15-39-16-14-38/h2-8,17-18,29-30H,9-16H2,1H3,(H,34,35). The summed E-state index contributed by atoms with van der Waals surface area (Å²) >= 11 is 0. The molecule has 3 aromatic carbocycles. The number of fused-ring (bicyclic) bond motifs is 1. The second-order valence-corrected chi connectivity index (χ2v) is 10.8. The zero-order valence-electron chi connectivity index (χ0n) is 22.8. The van der Waals surface area contributed by atoms with Crippen LogP contribution in [0.2, 0.25) is 0 Å². The maximum atomic E-state index is 15.3. The summed E-state index contributed by atoms with van der Waals surface area (Å²) in [6, 6.07) is 19.2. The van der Waals surface area contributed by atoms with Crippen LogP contribution in [0.1, 0.15) is 17.2 Å². The van der Waals surface area contributed by atoms with Gasteiger partial charge in [0.1, 0.15) is 29.7 Å². The van der Waals surface area contributed by atoms with Crippen molar-refractivity contribution in [3.05, 3.63) is 71.5 Å². The number of ether oxygens (including phenoxy) is 2. The van der Waals surface area contributed by atoms with Gasteiger partial charge in [-0.25, -0.2) is 4.39 Å². The zero-order chi connectivity index (χ0) is 27.9. The average Bonchev–Trinajstić information content (AvgIpc) is 3.69. The fraction of sp³-hybridized carbons (Fsp3) is 0.355. The van der Waals surface area contributed by atoms with Crippen molar-refractivity contribution in [2.45, 2.75) is 12.3 Å². The molecule has 1 aromatic heterocycles. The Bertz CT molecular complexity index is 1620. The second kappa shape index (κ2) is 10.8. The van der Waals surface area contributed by atoms with Crippen molar-refractivity contribution >= 4 is 28.5 Å². The maximum absolute atomic E-state index is 15.3. The van der Waals surface area contributed by atoms with Crippen LogP contribution in [-0.2, 0) is 9.47 Å². The molecule has 0 spiro atoms. The lowest BCUT2D eigenvalue weighted by atomic mass is 10.0. The summed E-state index contributed by atoms with van der Waals surface area (Å²) in [7, 11) is 2.11. The van der Waals surface area contributed by atoms with Gasteiger partial charge in [-0.15, -0.1) is 0 Å². The molecule has 2 atom stereocenters. The van der Waals surface area contributed by atoms with Crippen molar-refractivity contribution in [1.82, 2.24) is 14.8 Å². The molecule has 0 aliphatic carbocycles. The van der Waals surface area contributed by atoms with Crippen molar-refractivity contribution in [3.63, 3.8) is 0 Å². The molecule has 7 rings (SSSR count). The smallest absolute Gasteiger partial charge is 0.300 e. The van der Waals surface area contributed by atoms with E-state index in [0.717, 1.165) is 50.5 Å². The van der Waals surface area contributed by atoms with E-state index < -0.39 is 0 Å². The quantitative estimate of drug-likeness (QED) is 0.340. The van der Waals surface area contributed by atoms with E-state index in [2.05, 4.69) is 38.1 Å². The second-order valence-electron chi connectivity index (χ2n) is 10.8. The number of epoxide rings is 1. The topological polar surface area (TPSA) is 93.3 Å². The number of rotatable bonds is 6. The van der Waals surface area contributed by atoms with E-state index in [-0.39, 0.29) is 18.1 Å². The number of nitriles is 1. The highest BCUT2D eigenvalue weighted by Crippen LogP contribution is 2.43. The molecule has 3 aliphatic heterocycles. The summed E-state index contributed by atoms with van der Waals surface area (Å²) in [6.45, 7) is 6.63. The Labute approximate surface area is 237 Å². The van der Waals surface area contributed by atoms with Gasteiger partial charge < -0.3 is 29.0 Å². The van der Waals surface area contributed by atoms with Gasteiger partial charge in [-0.3, -0.25) is 4.90 Å². The molecular weight excluding hydrogens is 523 g/mol. The van der Waals surface area contributed by atoms with E-state index >= 15 is 4.39 Å². The van der Waals surface area contributed by atoms with E-state index in [4.69, 9.17) is 13.9 Å². The lowest BCUT2D eigenvalue weighted by molar-refractivity contribution is 0.0162. The van der Waals surface area contributed by atoms with Crippen molar-refractivity contribution < 1.29 is 18.3 Å². The number of hydrogen-bond acceptors (Lipinski definition) is 9. The Kier molecular flexibility index (Phi) is 6.80. The van der Waals surface area contributed by atoms with Gasteiger partial charge in [0.2, 0.25) is 0 Å². The SMILES string of the molecule is CN1CCN(c2ccc(Nc3nc4cccc(-c5ccc(C6OC6N6CCOCC6)c(F)c5)c4o3)cc2C#N)CC1. The molecule has 0 saturated carbocycles. The molecular formula is C31H31FN6O3. The van der Waals surface area contributed by atoms with Gasteiger partial charge in [0.25, 0.3) is 6.01 Å². The number of para-hydroxylation sites is 1. The first-order valence-corrected chi connectivity index (χ1v) is 14.0. The van der Waals surface area contributed by atoms with Gasteiger partial charge in [-0.1, -0.05) is 24.3 Å². The van der Waals surface area contributed by atoms with E-state index in [1.54, 1.807) is 6.07 Å². The zero-order valence-corrected chi connectivity index (χ0v) is 22.8. The molecule has 2 unspecified atom stereocenters. The first-order valence-electron chi connectivity index (χ1n) is 14.0. The number of nitrogens with one attached hydrogen (secondary N) is 1. The first kappa shape index (κ1) is 25.9. The monoisotopic (exact) mass is 554 g/mol. The molecule has 4 heterocycles. The number of benzene rings is 3. The number of likely N-dealkylation sites (N-methyl/N-ethyl adjacent to an activating group) is 1. The summed E-state index contributed by atoms with van der Waals surface area (Å²) in [5.74, 6) is -0.303. The van der Waals surface area contributed by atoms with Crippen LogP contribution in [-0.4, -0.2) is 80.5 Å². The number of oxazole rings is 1. The van der Waals surface area contributed by atoms with Gasteiger partial charge in [0.15, 0.2) is 5.58 Å². The van der Waals surface area contributed by atoms with Crippen molar-refractivity contribution in [3.8, 4) is 17.2 Å². The number of piperazine rings is 1. The minimum atomic E-state index is -0.303. The minimum absolute atomic E-state index is 0.0947. The summed E-state index contributed by atoms with van der Waals surface area (Å²) in [6.07, 6.45) is -0.359. The third-order valence-corrected chi connectivity index (χ3v) is 8.12. The Morgan fingerprint density at radius 2 is 1.83 bits per heavy atom. The number of halogens is 1. The molecule has 3 aliphatic rings. The predicted molar refractivity (Wildman–Crippen MR) is 154 cm³/mol. The maximum Gasteiger partial charge on any atom is 0.300 e. The third kappa shape index (κ3) is 5.13.